The highest BCUT2D eigenvalue weighted by Gasteiger charge is 2.18. The first kappa shape index (κ1) is 20.4. The Morgan fingerprint density at radius 2 is 1.87 bits per heavy atom. The van der Waals surface area contributed by atoms with E-state index in [4.69, 9.17) is 4.74 Å². The summed E-state index contributed by atoms with van der Waals surface area (Å²) < 4.78 is 6.43. The lowest BCUT2D eigenvalue weighted by Crippen LogP contribution is -2.45. The minimum Gasteiger partial charge on any atom is -0.484 e. The van der Waals surface area contributed by atoms with Crippen molar-refractivity contribution < 1.29 is 9.53 Å². The van der Waals surface area contributed by atoms with Gasteiger partial charge in [-0.1, -0.05) is 15.9 Å². The Kier molecular flexibility index (Phi) is 6.05. The summed E-state index contributed by atoms with van der Waals surface area (Å²) >= 11 is 3.36. The highest BCUT2D eigenvalue weighted by molar-refractivity contribution is 9.10. The third-order valence-electron chi connectivity index (χ3n) is 4.81. The Hall–Kier alpha value is -2.85. The van der Waals surface area contributed by atoms with Gasteiger partial charge in [0.2, 0.25) is 5.95 Å². The molecule has 1 fully saturated rings. The summed E-state index contributed by atoms with van der Waals surface area (Å²) in [5, 5.41) is 2.71. The molecule has 4 rings (SSSR count). The summed E-state index contributed by atoms with van der Waals surface area (Å²) in [6.07, 6.45) is 1.50. The van der Waals surface area contributed by atoms with Gasteiger partial charge >= 0.3 is 0 Å². The lowest BCUT2D eigenvalue weighted by Gasteiger charge is -2.32. The van der Waals surface area contributed by atoms with Gasteiger partial charge in [0.05, 0.1) is 11.9 Å². The standard InChI is InChI=1S/C20H22BrN7O2/c1-13-18-19(26-20(23-13)28-9-7-27(2)8-10-28)22-11-16(25-18)24-17(29)12-30-15-5-3-14(21)4-6-15/h3-6,11H,7-10,12H2,1-2H3,(H,24,25,29). The van der Waals surface area contributed by atoms with Gasteiger partial charge in [-0.05, 0) is 38.2 Å². The first-order valence-corrected chi connectivity index (χ1v) is 10.4. The quantitative estimate of drug-likeness (QED) is 0.604. The van der Waals surface area contributed by atoms with Crippen LogP contribution in [0.15, 0.2) is 34.9 Å². The molecule has 0 aliphatic carbocycles. The van der Waals surface area contributed by atoms with Crippen molar-refractivity contribution >= 4 is 44.8 Å². The average Bonchev–Trinajstić information content (AvgIpc) is 2.74. The molecule has 0 saturated carbocycles. The van der Waals surface area contributed by atoms with E-state index in [1.807, 2.05) is 19.1 Å². The third kappa shape index (κ3) is 4.82. The van der Waals surface area contributed by atoms with Crippen LogP contribution < -0.4 is 15.0 Å². The van der Waals surface area contributed by atoms with Gasteiger partial charge in [-0.3, -0.25) is 4.79 Å². The van der Waals surface area contributed by atoms with Crippen LogP contribution in [0.1, 0.15) is 5.69 Å². The molecule has 3 aromatic rings. The van der Waals surface area contributed by atoms with Crippen LogP contribution in [0.5, 0.6) is 5.75 Å². The number of nitrogens with one attached hydrogen (secondary N) is 1. The van der Waals surface area contributed by atoms with Crippen LogP contribution in [0, 0.1) is 6.92 Å². The highest BCUT2D eigenvalue weighted by atomic mass is 79.9. The highest BCUT2D eigenvalue weighted by Crippen LogP contribution is 2.19. The molecule has 2 aromatic heterocycles. The van der Waals surface area contributed by atoms with Gasteiger partial charge in [0.1, 0.15) is 11.3 Å². The fourth-order valence-electron chi connectivity index (χ4n) is 3.10. The average molecular weight is 472 g/mol. The van der Waals surface area contributed by atoms with E-state index in [-0.39, 0.29) is 12.5 Å². The molecule has 30 heavy (non-hydrogen) atoms. The van der Waals surface area contributed by atoms with E-state index >= 15 is 0 Å². The summed E-state index contributed by atoms with van der Waals surface area (Å²) in [5.74, 6) is 1.30. The van der Waals surface area contributed by atoms with Gasteiger partial charge in [-0.15, -0.1) is 0 Å². The number of aromatic nitrogens is 4. The smallest absolute Gasteiger partial charge is 0.263 e. The van der Waals surface area contributed by atoms with Crippen molar-refractivity contribution in [2.24, 2.45) is 0 Å². The minimum atomic E-state index is -0.320. The molecular formula is C20H22BrN7O2. The molecule has 9 nitrogen and oxygen atoms in total. The van der Waals surface area contributed by atoms with Gasteiger partial charge in [-0.2, -0.15) is 4.98 Å². The van der Waals surface area contributed by atoms with E-state index in [1.54, 1.807) is 12.1 Å². The molecule has 1 aliphatic rings. The van der Waals surface area contributed by atoms with Crippen LogP contribution in [0.2, 0.25) is 0 Å². The van der Waals surface area contributed by atoms with Gasteiger partial charge in [0, 0.05) is 30.7 Å². The summed E-state index contributed by atoms with van der Waals surface area (Å²) in [7, 11) is 2.11. The fraction of sp³-hybridized carbons (Fsp3) is 0.350. The Labute approximate surface area is 182 Å². The number of carbonyl (C=O) groups excluding carboxylic acids is 1. The van der Waals surface area contributed by atoms with Gasteiger partial charge < -0.3 is 19.9 Å². The number of rotatable bonds is 5. The number of piperazine rings is 1. The van der Waals surface area contributed by atoms with Crippen molar-refractivity contribution in [3.8, 4) is 5.75 Å². The number of ether oxygens (including phenoxy) is 1. The zero-order chi connectivity index (χ0) is 21.1. The van der Waals surface area contributed by atoms with Crippen LogP contribution in [0.4, 0.5) is 11.8 Å². The number of hydrogen-bond donors (Lipinski definition) is 1. The predicted octanol–water partition coefficient (Wildman–Crippen LogP) is 2.26. The van der Waals surface area contributed by atoms with Gasteiger partial charge in [-0.25, -0.2) is 15.0 Å². The van der Waals surface area contributed by atoms with E-state index < -0.39 is 0 Å². The summed E-state index contributed by atoms with van der Waals surface area (Å²) in [4.78, 5) is 34.7. The van der Waals surface area contributed by atoms with Gasteiger partial charge in [0.15, 0.2) is 18.1 Å². The zero-order valence-corrected chi connectivity index (χ0v) is 18.4. The first-order valence-electron chi connectivity index (χ1n) is 9.61. The molecule has 0 spiro atoms. The number of likely N-dealkylation sites (N-methyl/N-ethyl adjacent to an activating group) is 1. The molecule has 156 valence electrons. The number of benzene rings is 1. The summed E-state index contributed by atoms with van der Waals surface area (Å²) in [5.41, 5.74) is 1.81. The topological polar surface area (TPSA) is 96.4 Å². The molecule has 0 radical (unpaired) electrons. The Morgan fingerprint density at radius 3 is 2.60 bits per heavy atom. The summed E-state index contributed by atoms with van der Waals surface area (Å²) in [6, 6.07) is 7.26. The van der Waals surface area contributed by atoms with Crippen LogP contribution in [-0.2, 0) is 4.79 Å². The zero-order valence-electron chi connectivity index (χ0n) is 16.8. The molecule has 0 unspecified atom stereocenters. The predicted molar refractivity (Wildman–Crippen MR) is 118 cm³/mol. The van der Waals surface area contributed by atoms with Crippen LogP contribution >= 0.6 is 15.9 Å². The van der Waals surface area contributed by atoms with Gasteiger partial charge in [0.25, 0.3) is 5.91 Å². The molecule has 0 atom stereocenters. The second-order valence-corrected chi connectivity index (χ2v) is 8.03. The van der Waals surface area contributed by atoms with Crippen LogP contribution in [0.3, 0.4) is 0 Å². The van der Waals surface area contributed by atoms with E-state index in [1.165, 1.54) is 6.20 Å². The monoisotopic (exact) mass is 471 g/mol. The normalized spacial score (nSPS) is 14.7. The molecule has 1 amide bonds. The number of hydrogen-bond acceptors (Lipinski definition) is 8. The summed E-state index contributed by atoms with van der Waals surface area (Å²) in [6.45, 7) is 5.45. The van der Waals surface area contributed by atoms with Crippen molar-refractivity contribution in [2.45, 2.75) is 6.92 Å². The van der Waals surface area contributed by atoms with E-state index in [2.05, 4.69) is 58.0 Å². The number of amides is 1. The van der Waals surface area contributed by atoms with Crippen LogP contribution in [-0.4, -0.2) is 70.6 Å². The molecule has 10 heteroatoms. The maximum Gasteiger partial charge on any atom is 0.263 e. The van der Waals surface area contributed by atoms with Crippen molar-refractivity contribution in [2.75, 3.05) is 50.1 Å². The lowest BCUT2D eigenvalue weighted by atomic mass is 10.3. The molecule has 1 aliphatic heterocycles. The Bertz CT molecular complexity index is 1050. The molecule has 1 N–H and O–H groups in total. The number of carbonyl (C=O) groups is 1. The van der Waals surface area contributed by atoms with Crippen molar-refractivity contribution in [1.29, 1.82) is 0 Å². The molecule has 1 saturated heterocycles. The molecule has 1 aromatic carbocycles. The minimum absolute atomic E-state index is 0.126. The molecule has 3 heterocycles. The third-order valence-corrected chi connectivity index (χ3v) is 5.34. The number of nitrogens with zero attached hydrogens (tertiary/aromatic N) is 6. The number of halogens is 1. The van der Waals surface area contributed by atoms with Crippen molar-refractivity contribution in [1.82, 2.24) is 24.8 Å². The molecule has 0 bridgehead atoms. The molecular weight excluding hydrogens is 450 g/mol. The maximum absolute atomic E-state index is 12.2. The van der Waals surface area contributed by atoms with E-state index in [9.17, 15) is 4.79 Å². The SMILES string of the molecule is Cc1nc(N2CCN(C)CC2)nc2ncc(NC(=O)COc3ccc(Br)cc3)nc12. The second-order valence-electron chi connectivity index (χ2n) is 7.12. The Balaban J connectivity index is 1.43. The first-order chi connectivity index (χ1) is 14.5. The lowest BCUT2D eigenvalue weighted by molar-refractivity contribution is -0.118. The van der Waals surface area contributed by atoms with Crippen molar-refractivity contribution in [3.05, 3.63) is 40.6 Å². The second kappa shape index (κ2) is 8.88. The Morgan fingerprint density at radius 1 is 1.13 bits per heavy atom. The fourth-order valence-corrected chi connectivity index (χ4v) is 3.36. The van der Waals surface area contributed by atoms with E-state index in [0.29, 0.717) is 28.7 Å². The maximum atomic E-state index is 12.2. The largest absolute Gasteiger partial charge is 0.484 e. The number of anilines is 2. The number of fused-ring (bicyclic) bond motifs is 1. The van der Waals surface area contributed by atoms with Crippen molar-refractivity contribution in [3.63, 3.8) is 0 Å². The van der Waals surface area contributed by atoms with Crippen LogP contribution in [0.25, 0.3) is 11.2 Å². The van der Waals surface area contributed by atoms with E-state index in [0.717, 1.165) is 36.3 Å². The number of aryl methyl sites for hydroxylation is 1.